The van der Waals surface area contributed by atoms with Crippen molar-refractivity contribution in [2.24, 2.45) is 0 Å². The summed E-state index contributed by atoms with van der Waals surface area (Å²) in [5, 5.41) is 13.2. The van der Waals surface area contributed by atoms with Crippen molar-refractivity contribution in [1.29, 1.82) is 0 Å². The van der Waals surface area contributed by atoms with Crippen molar-refractivity contribution >= 4 is 17.3 Å². The molecule has 6 nitrogen and oxygen atoms in total. The summed E-state index contributed by atoms with van der Waals surface area (Å²) in [4.78, 5) is 1.71. The van der Waals surface area contributed by atoms with Gasteiger partial charge in [0.2, 0.25) is 5.82 Å². The molecule has 0 unspecified atom stereocenters. The minimum absolute atomic E-state index is 0.00321. The third-order valence-electron chi connectivity index (χ3n) is 4.04. The lowest BCUT2D eigenvalue weighted by Gasteiger charge is -2.33. The molecule has 1 N–H and O–H groups in total. The minimum Gasteiger partial charge on any atom is -0.489 e. The molecule has 0 radical (unpaired) electrons. The van der Waals surface area contributed by atoms with Crippen LogP contribution in [0.25, 0.3) is 11.4 Å². The van der Waals surface area contributed by atoms with Crippen molar-refractivity contribution in [3.8, 4) is 17.1 Å². The molecule has 0 spiro atoms. The van der Waals surface area contributed by atoms with Crippen molar-refractivity contribution in [3.63, 3.8) is 0 Å². The number of aromatic nitrogens is 4. The van der Waals surface area contributed by atoms with Crippen LogP contribution < -0.4 is 9.64 Å². The van der Waals surface area contributed by atoms with E-state index in [0.29, 0.717) is 24.6 Å². The molecular formula is C16H11ClF3N5O. The lowest BCUT2D eigenvalue weighted by molar-refractivity contribution is 0.306. The van der Waals surface area contributed by atoms with Crippen LogP contribution in [0.1, 0.15) is 5.56 Å². The summed E-state index contributed by atoms with van der Waals surface area (Å²) in [6.45, 7) is 0.730. The second-order valence-corrected chi connectivity index (χ2v) is 6.04. The number of anilines is 1. The summed E-state index contributed by atoms with van der Waals surface area (Å²) in [5.41, 5.74) is 0.598. The normalized spacial score (nSPS) is 13.5. The SMILES string of the molecule is Fc1ccc(CN2CCOc3cc(Cl)c(F)c(-c4nn[nH]n4)c32)c(F)c1. The zero-order valence-corrected chi connectivity index (χ0v) is 13.9. The van der Waals surface area contributed by atoms with Crippen LogP contribution in [0.3, 0.4) is 0 Å². The molecule has 1 aliphatic rings. The zero-order chi connectivity index (χ0) is 18.3. The van der Waals surface area contributed by atoms with Crippen LogP contribution in [0.5, 0.6) is 5.75 Å². The number of hydrogen-bond donors (Lipinski definition) is 1. The molecule has 4 rings (SSSR count). The molecule has 0 amide bonds. The van der Waals surface area contributed by atoms with Crippen LogP contribution in [0.15, 0.2) is 24.3 Å². The summed E-state index contributed by atoms with van der Waals surface area (Å²) >= 11 is 5.96. The Kier molecular flexibility index (Phi) is 4.15. The highest BCUT2D eigenvalue weighted by Gasteiger charge is 2.29. The topological polar surface area (TPSA) is 66.9 Å². The Morgan fingerprint density at radius 3 is 2.81 bits per heavy atom. The van der Waals surface area contributed by atoms with Crippen LogP contribution in [-0.4, -0.2) is 33.8 Å². The molecule has 0 bridgehead atoms. The number of nitrogens with zero attached hydrogens (tertiary/aromatic N) is 4. The van der Waals surface area contributed by atoms with E-state index in [2.05, 4.69) is 20.6 Å². The smallest absolute Gasteiger partial charge is 0.209 e. The van der Waals surface area contributed by atoms with E-state index in [1.807, 2.05) is 0 Å². The van der Waals surface area contributed by atoms with E-state index in [4.69, 9.17) is 16.3 Å². The van der Waals surface area contributed by atoms with E-state index < -0.39 is 17.5 Å². The average molecular weight is 382 g/mol. The number of H-pyrrole nitrogens is 1. The van der Waals surface area contributed by atoms with Gasteiger partial charge in [-0.05, 0) is 11.3 Å². The highest BCUT2D eigenvalue weighted by Crippen LogP contribution is 2.44. The predicted octanol–water partition coefficient (Wildman–Crippen LogP) is 3.34. The first-order chi connectivity index (χ1) is 12.5. The lowest BCUT2D eigenvalue weighted by Crippen LogP contribution is -2.33. The monoisotopic (exact) mass is 381 g/mol. The number of fused-ring (bicyclic) bond motifs is 1. The molecule has 0 fully saturated rings. The number of rotatable bonds is 3. The molecular weight excluding hydrogens is 371 g/mol. The summed E-state index contributed by atoms with van der Waals surface area (Å²) in [7, 11) is 0. The fraction of sp³-hybridized carbons (Fsp3) is 0.188. The lowest BCUT2D eigenvalue weighted by atomic mass is 10.1. The van der Waals surface area contributed by atoms with Crippen molar-refractivity contribution in [3.05, 3.63) is 52.3 Å². The van der Waals surface area contributed by atoms with Gasteiger partial charge in [-0.3, -0.25) is 0 Å². The van der Waals surface area contributed by atoms with Gasteiger partial charge in [-0.2, -0.15) is 5.21 Å². The van der Waals surface area contributed by atoms with E-state index in [0.717, 1.165) is 6.07 Å². The van der Waals surface area contributed by atoms with Gasteiger partial charge in [-0.1, -0.05) is 17.7 Å². The Hall–Kier alpha value is -2.81. The molecule has 10 heteroatoms. The molecule has 2 heterocycles. The Balaban J connectivity index is 1.83. The first-order valence-electron chi connectivity index (χ1n) is 7.62. The van der Waals surface area contributed by atoms with Crippen molar-refractivity contribution in [2.45, 2.75) is 6.54 Å². The van der Waals surface area contributed by atoms with E-state index in [1.165, 1.54) is 18.2 Å². The second kappa shape index (κ2) is 6.49. The predicted molar refractivity (Wildman–Crippen MR) is 87.5 cm³/mol. The number of tetrazole rings is 1. The van der Waals surface area contributed by atoms with Gasteiger partial charge >= 0.3 is 0 Å². The van der Waals surface area contributed by atoms with Gasteiger partial charge in [0, 0.05) is 24.2 Å². The van der Waals surface area contributed by atoms with Gasteiger partial charge in [0.15, 0.2) is 5.82 Å². The molecule has 134 valence electrons. The van der Waals surface area contributed by atoms with Crippen molar-refractivity contribution in [1.82, 2.24) is 20.6 Å². The summed E-state index contributed by atoms with van der Waals surface area (Å²) in [5.74, 6) is -1.77. The Labute approximate surface area is 150 Å². The van der Waals surface area contributed by atoms with Gasteiger partial charge in [-0.15, -0.1) is 10.2 Å². The van der Waals surface area contributed by atoms with E-state index in [1.54, 1.807) is 4.90 Å². The Bertz CT molecular complexity index is 967. The maximum atomic E-state index is 14.7. The van der Waals surface area contributed by atoms with Gasteiger partial charge in [0.05, 0.1) is 22.8 Å². The molecule has 1 aliphatic heterocycles. The largest absolute Gasteiger partial charge is 0.489 e. The number of benzene rings is 2. The maximum absolute atomic E-state index is 14.7. The van der Waals surface area contributed by atoms with Gasteiger partial charge in [0.25, 0.3) is 0 Å². The van der Waals surface area contributed by atoms with E-state index >= 15 is 0 Å². The quantitative estimate of drug-likeness (QED) is 0.753. The van der Waals surface area contributed by atoms with Crippen LogP contribution in [0.2, 0.25) is 5.02 Å². The maximum Gasteiger partial charge on any atom is 0.209 e. The summed E-state index contributed by atoms with van der Waals surface area (Å²) in [6.07, 6.45) is 0. The summed E-state index contributed by atoms with van der Waals surface area (Å²) < 4.78 is 47.5. The van der Waals surface area contributed by atoms with Gasteiger partial charge in [0.1, 0.15) is 24.0 Å². The Morgan fingerprint density at radius 2 is 2.08 bits per heavy atom. The second-order valence-electron chi connectivity index (χ2n) is 5.64. The standard InChI is InChI=1S/C16H11ClF3N5O/c17-10-6-12-15(13(14(10)20)16-21-23-24-22-16)25(3-4-26-12)7-8-1-2-9(18)5-11(8)19/h1-2,5-6H,3-4,7H2,(H,21,22,23,24). The third-order valence-corrected chi connectivity index (χ3v) is 4.31. The fourth-order valence-electron chi connectivity index (χ4n) is 2.88. The molecule has 3 aromatic rings. The van der Waals surface area contributed by atoms with Crippen LogP contribution >= 0.6 is 11.6 Å². The first-order valence-corrected chi connectivity index (χ1v) is 8.00. The third kappa shape index (κ3) is 2.84. The molecule has 26 heavy (non-hydrogen) atoms. The van der Waals surface area contributed by atoms with Crippen molar-refractivity contribution in [2.75, 3.05) is 18.1 Å². The van der Waals surface area contributed by atoms with E-state index in [9.17, 15) is 13.2 Å². The van der Waals surface area contributed by atoms with Gasteiger partial charge < -0.3 is 9.64 Å². The number of aromatic amines is 1. The average Bonchev–Trinajstić information content (AvgIpc) is 3.13. The molecule has 0 atom stereocenters. The van der Waals surface area contributed by atoms with Crippen LogP contribution in [0.4, 0.5) is 18.9 Å². The molecule has 0 saturated heterocycles. The first kappa shape index (κ1) is 16.6. The Morgan fingerprint density at radius 1 is 1.23 bits per heavy atom. The highest BCUT2D eigenvalue weighted by molar-refractivity contribution is 6.31. The number of nitrogens with one attached hydrogen (secondary N) is 1. The number of hydrogen-bond acceptors (Lipinski definition) is 5. The molecule has 2 aromatic carbocycles. The highest BCUT2D eigenvalue weighted by atomic mass is 35.5. The van der Waals surface area contributed by atoms with Crippen LogP contribution in [-0.2, 0) is 6.54 Å². The van der Waals surface area contributed by atoms with Gasteiger partial charge in [-0.25, -0.2) is 13.2 Å². The molecule has 0 saturated carbocycles. The number of ether oxygens (including phenoxy) is 1. The van der Waals surface area contributed by atoms with Crippen LogP contribution in [0, 0.1) is 17.5 Å². The summed E-state index contributed by atoms with van der Waals surface area (Å²) in [6, 6.07) is 4.67. The fourth-order valence-corrected chi connectivity index (χ4v) is 3.07. The minimum atomic E-state index is -0.734. The molecule has 1 aromatic heterocycles. The molecule has 0 aliphatic carbocycles. The zero-order valence-electron chi connectivity index (χ0n) is 13.1. The number of halogens is 4. The van der Waals surface area contributed by atoms with E-state index in [-0.39, 0.29) is 28.5 Å². The van der Waals surface area contributed by atoms with Crippen molar-refractivity contribution < 1.29 is 17.9 Å².